The summed E-state index contributed by atoms with van der Waals surface area (Å²) in [5.74, 6) is -0.444. The van der Waals surface area contributed by atoms with Gasteiger partial charge in [-0.3, -0.25) is 0 Å². The molecule has 0 saturated carbocycles. The van der Waals surface area contributed by atoms with Gasteiger partial charge in [0.1, 0.15) is 10.3 Å². The van der Waals surface area contributed by atoms with Crippen LogP contribution >= 0.6 is 11.8 Å². The number of benzene rings is 3. The van der Waals surface area contributed by atoms with Gasteiger partial charge in [0, 0.05) is 11.3 Å². The lowest BCUT2D eigenvalue weighted by molar-refractivity contribution is -0.166. The molecule has 1 aliphatic heterocycles. The van der Waals surface area contributed by atoms with Crippen LogP contribution in [0.2, 0.25) is 0 Å². The molecule has 0 bridgehead atoms. The summed E-state index contributed by atoms with van der Waals surface area (Å²) in [6.45, 7) is 5.45. The summed E-state index contributed by atoms with van der Waals surface area (Å²) in [6, 6.07) is 24.0. The zero-order chi connectivity index (χ0) is 22.1. The molecule has 0 radical (unpaired) electrons. The zero-order valence-corrected chi connectivity index (χ0v) is 18.6. The summed E-state index contributed by atoms with van der Waals surface area (Å²) < 4.78 is 4.45. The predicted molar refractivity (Wildman–Crippen MR) is 122 cm³/mol. The lowest BCUT2D eigenvalue weighted by atomic mass is 9.96. The number of ether oxygens (including phenoxy) is 1. The number of rotatable bonds is 4. The van der Waals surface area contributed by atoms with E-state index >= 15 is 0 Å². The Hall–Kier alpha value is -2.99. The average molecular weight is 436 g/mol. The Balaban J connectivity index is 1.66. The summed E-state index contributed by atoms with van der Waals surface area (Å²) in [7, 11) is 0. The van der Waals surface area contributed by atoms with Gasteiger partial charge < -0.3 is 9.57 Å². The second-order valence-corrected chi connectivity index (χ2v) is 10.1. The predicted octanol–water partition coefficient (Wildman–Crippen LogP) is 5.62. The first-order chi connectivity index (χ1) is 14.7. The highest BCUT2D eigenvalue weighted by molar-refractivity contribution is 8.01. The van der Waals surface area contributed by atoms with Crippen LogP contribution in [0.5, 0.6) is 0 Å². The SMILES string of the molecule is CC(C)(C)OC(=O)N1C[C@](Cc2ccc3ccccc3c2)(Sc2ccccc2)C(=O)O1. The second-order valence-electron chi connectivity index (χ2n) is 8.66. The third-order valence-corrected chi connectivity index (χ3v) is 6.26. The standard InChI is InChI=1S/C25H25NO4S/c1-24(2,3)29-23(28)26-17-25(22(27)30-26,31-21-11-5-4-6-12-21)16-18-13-14-19-9-7-8-10-20(19)15-18/h4-15H,16-17H2,1-3H3/t25-/m0/s1. The zero-order valence-electron chi connectivity index (χ0n) is 17.8. The molecule has 0 unspecified atom stereocenters. The number of thioether (sulfide) groups is 1. The van der Waals surface area contributed by atoms with E-state index in [0.29, 0.717) is 6.42 Å². The van der Waals surface area contributed by atoms with E-state index in [0.717, 1.165) is 26.3 Å². The van der Waals surface area contributed by atoms with Crippen LogP contribution in [0.4, 0.5) is 4.79 Å². The van der Waals surface area contributed by atoms with Gasteiger partial charge in [-0.2, -0.15) is 0 Å². The molecular formula is C25H25NO4S. The highest BCUT2D eigenvalue weighted by Gasteiger charge is 2.52. The average Bonchev–Trinajstić information content (AvgIpc) is 3.03. The molecule has 4 rings (SSSR count). The highest BCUT2D eigenvalue weighted by atomic mass is 32.2. The molecule has 0 aliphatic carbocycles. The van der Waals surface area contributed by atoms with Gasteiger partial charge in [0.15, 0.2) is 0 Å². The molecule has 31 heavy (non-hydrogen) atoms. The van der Waals surface area contributed by atoms with Crippen molar-refractivity contribution in [3.8, 4) is 0 Å². The number of fused-ring (bicyclic) bond motifs is 1. The maximum Gasteiger partial charge on any atom is 0.443 e. The van der Waals surface area contributed by atoms with Crippen LogP contribution in [0.1, 0.15) is 26.3 Å². The van der Waals surface area contributed by atoms with E-state index in [9.17, 15) is 9.59 Å². The number of hydrogen-bond donors (Lipinski definition) is 0. The van der Waals surface area contributed by atoms with Gasteiger partial charge >= 0.3 is 12.1 Å². The molecule has 1 atom stereocenters. The molecule has 1 heterocycles. The van der Waals surface area contributed by atoms with Crippen LogP contribution in [0.3, 0.4) is 0 Å². The van der Waals surface area contributed by atoms with Gasteiger partial charge in [-0.1, -0.05) is 60.7 Å². The van der Waals surface area contributed by atoms with Crippen molar-refractivity contribution >= 4 is 34.6 Å². The van der Waals surface area contributed by atoms with Gasteiger partial charge in [0.25, 0.3) is 0 Å². The van der Waals surface area contributed by atoms with Crippen molar-refractivity contribution < 1.29 is 19.2 Å². The normalized spacial score (nSPS) is 18.8. The van der Waals surface area contributed by atoms with Gasteiger partial charge in [0.05, 0.1) is 6.54 Å². The molecule has 0 N–H and O–H groups in total. The number of carbonyl (C=O) groups excluding carboxylic acids is 2. The summed E-state index contributed by atoms with van der Waals surface area (Å²) in [4.78, 5) is 32.1. The molecule has 1 aliphatic rings. The Kier molecular flexibility index (Phi) is 5.67. The van der Waals surface area contributed by atoms with E-state index < -0.39 is 22.4 Å². The fourth-order valence-electron chi connectivity index (χ4n) is 3.56. The largest absolute Gasteiger partial charge is 0.443 e. The molecule has 3 aromatic rings. The third-order valence-electron chi connectivity index (χ3n) is 4.92. The van der Waals surface area contributed by atoms with Gasteiger partial charge in [0.2, 0.25) is 0 Å². The van der Waals surface area contributed by atoms with Crippen LogP contribution in [0.15, 0.2) is 77.7 Å². The quantitative estimate of drug-likeness (QED) is 0.532. The lowest BCUT2D eigenvalue weighted by Gasteiger charge is -2.25. The summed E-state index contributed by atoms with van der Waals surface area (Å²) in [5, 5.41) is 3.29. The van der Waals surface area contributed by atoms with E-state index in [1.165, 1.54) is 11.8 Å². The Labute approximate surface area is 186 Å². The summed E-state index contributed by atoms with van der Waals surface area (Å²) >= 11 is 1.42. The van der Waals surface area contributed by atoms with E-state index in [1.54, 1.807) is 20.8 Å². The van der Waals surface area contributed by atoms with Gasteiger partial charge in [-0.25, -0.2) is 9.59 Å². The number of nitrogens with zero attached hydrogens (tertiary/aromatic N) is 1. The maximum absolute atomic E-state index is 13.2. The minimum atomic E-state index is -0.972. The Morgan fingerprint density at radius 2 is 1.71 bits per heavy atom. The number of carbonyl (C=O) groups is 2. The smallest absolute Gasteiger partial charge is 0.442 e. The maximum atomic E-state index is 13.2. The van der Waals surface area contributed by atoms with Crippen LogP contribution in [0, 0.1) is 0 Å². The van der Waals surface area contributed by atoms with Crippen LogP contribution in [-0.2, 0) is 20.8 Å². The molecule has 0 spiro atoms. The fourth-order valence-corrected chi connectivity index (χ4v) is 4.84. The van der Waals surface area contributed by atoms with Gasteiger partial charge in [-0.05, 0) is 49.2 Å². The molecule has 5 nitrogen and oxygen atoms in total. The Bertz CT molecular complexity index is 1110. The topological polar surface area (TPSA) is 55.8 Å². The number of hydroxylamine groups is 2. The third kappa shape index (κ3) is 4.85. The second kappa shape index (κ2) is 8.27. The summed E-state index contributed by atoms with van der Waals surface area (Å²) in [6.07, 6.45) is -0.231. The van der Waals surface area contributed by atoms with E-state index in [4.69, 9.17) is 9.57 Å². The molecule has 1 amide bonds. The van der Waals surface area contributed by atoms with Crippen LogP contribution in [-0.4, -0.2) is 34.0 Å². The van der Waals surface area contributed by atoms with Crippen molar-refractivity contribution in [2.45, 2.75) is 42.4 Å². The Morgan fingerprint density at radius 3 is 2.42 bits per heavy atom. The van der Waals surface area contributed by atoms with E-state index in [2.05, 4.69) is 24.3 Å². The van der Waals surface area contributed by atoms with E-state index in [1.807, 2.05) is 48.5 Å². The van der Waals surface area contributed by atoms with Crippen molar-refractivity contribution in [3.63, 3.8) is 0 Å². The minimum Gasteiger partial charge on any atom is -0.442 e. The van der Waals surface area contributed by atoms with Crippen molar-refractivity contribution in [2.24, 2.45) is 0 Å². The molecule has 3 aromatic carbocycles. The van der Waals surface area contributed by atoms with Crippen molar-refractivity contribution in [1.82, 2.24) is 5.06 Å². The Morgan fingerprint density at radius 1 is 1.03 bits per heavy atom. The molecule has 6 heteroatoms. The van der Waals surface area contributed by atoms with E-state index in [-0.39, 0.29) is 6.54 Å². The van der Waals surface area contributed by atoms with Crippen molar-refractivity contribution in [1.29, 1.82) is 0 Å². The van der Waals surface area contributed by atoms with Crippen LogP contribution in [0.25, 0.3) is 10.8 Å². The molecular weight excluding hydrogens is 410 g/mol. The lowest BCUT2D eigenvalue weighted by Crippen LogP contribution is -2.40. The van der Waals surface area contributed by atoms with Gasteiger partial charge in [-0.15, -0.1) is 16.8 Å². The molecule has 1 saturated heterocycles. The van der Waals surface area contributed by atoms with Crippen molar-refractivity contribution in [2.75, 3.05) is 6.54 Å². The number of hydrogen-bond acceptors (Lipinski definition) is 5. The number of amides is 1. The molecule has 0 aromatic heterocycles. The fraction of sp³-hybridized carbons (Fsp3) is 0.280. The first-order valence-corrected chi connectivity index (χ1v) is 11.0. The van der Waals surface area contributed by atoms with Crippen molar-refractivity contribution in [3.05, 3.63) is 78.4 Å². The van der Waals surface area contributed by atoms with Crippen LogP contribution < -0.4 is 0 Å². The highest BCUT2D eigenvalue weighted by Crippen LogP contribution is 2.42. The first kappa shape index (κ1) is 21.2. The molecule has 160 valence electrons. The minimum absolute atomic E-state index is 0.104. The molecule has 1 fully saturated rings. The first-order valence-electron chi connectivity index (χ1n) is 10.2. The summed E-state index contributed by atoms with van der Waals surface area (Å²) in [5.41, 5.74) is 0.324. The monoisotopic (exact) mass is 435 g/mol.